The molecule has 3 N–H and O–H groups in total. The summed E-state index contributed by atoms with van der Waals surface area (Å²) in [4.78, 5) is 18.8. The Bertz CT molecular complexity index is 379. The predicted octanol–water partition coefficient (Wildman–Crippen LogP) is 0.846. The maximum atomic E-state index is 12.5. The zero-order chi connectivity index (χ0) is 13.3. The van der Waals surface area contributed by atoms with Gasteiger partial charge in [-0.3, -0.25) is 9.79 Å². The van der Waals surface area contributed by atoms with Gasteiger partial charge < -0.3 is 16.0 Å². The second-order valence-electron chi connectivity index (χ2n) is 6.27. The Kier molecular flexibility index (Phi) is 3.37. The van der Waals surface area contributed by atoms with Crippen molar-refractivity contribution in [3.8, 4) is 0 Å². The highest BCUT2D eigenvalue weighted by molar-refractivity contribution is 5.81. The molecule has 1 aliphatic carbocycles. The topological polar surface area (TPSA) is 70.7 Å². The van der Waals surface area contributed by atoms with Gasteiger partial charge in [0.1, 0.15) is 0 Å². The minimum Gasteiger partial charge on any atom is -0.370 e. The van der Waals surface area contributed by atoms with Crippen LogP contribution in [0.3, 0.4) is 0 Å². The SMILES string of the molecule is NC1=NCC2(CCN(C(=O)C3CCCCC3)CC2)N1. The zero-order valence-electron chi connectivity index (χ0n) is 11.5. The summed E-state index contributed by atoms with van der Waals surface area (Å²) in [6, 6.07) is 0. The Morgan fingerprint density at radius 1 is 1.26 bits per heavy atom. The first-order valence-corrected chi connectivity index (χ1v) is 7.55. The van der Waals surface area contributed by atoms with Crippen LogP contribution in [0.25, 0.3) is 0 Å². The second kappa shape index (κ2) is 5.02. The van der Waals surface area contributed by atoms with Gasteiger partial charge in [-0.15, -0.1) is 0 Å². The average molecular weight is 264 g/mol. The van der Waals surface area contributed by atoms with Crippen molar-refractivity contribution in [1.82, 2.24) is 10.2 Å². The Labute approximate surface area is 114 Å². The van der Waals surface area contributed by atoms with Crippen LogP contribution >= 0.6 is 0 Å². The monoisotopic (exact) mass is 264 g/mol. The van der Waals surface area contributed by atoms with Gasteiger partial charge in [-0.05, 0) is 25.7 Å². The highest BCUT2D eigenvalue weighted by Crippen LogP contribution is 2.29. The third-order valence-electron chi connectivity index (χ3n) is 4.93. The van der Waals surface area contributed by atoms with E-state index in [1.165, 1.54) is 19.3 Å². The van der Waals surface area contributed by atoms with E-state index in [4.69, 9.17) is 5.73 Å². The van der Waals surface area contributed by atoms with Crippen molar-refractivity contribution in [3.05, 3.63) is 0 Å². The molecule has 106 valence electrons. The predicted molar refractivity (Wildman–Crippen MR) is 74.7 cm³/mol. The molecule has 0 bridgehead atoms. The number of nitrogens with zero attached hydrogens (tertiary/aromatic N) is 2. The Hall–Kier alpha value is -1.26. The van der Waals surface area contributed by atoms with E-state index in [9.17, 15) is 4.79 Å². The number of guanidine groups is 1. The van der Waals surface area contributed by atoms with Gasteiger partial charge in [-0.1, -0.05) is 19.3 Å². The van der Waals surface area contributed by atoms with Gasteiger partial charge in [0.15, 0.2) is 5.96 Å². The first-order chi connectivity index (χ1) is 9.19. The molecule has 0 aromatic rings. The van der Waals surface area contributed by atoms with E-state index in [1.807, 2.05) is 0 Å². The summed E-state index contributed by atoms with van der Waals surface area (Å²) in [6.07, 6.45) is 7.86. The summed E-state index contributed by atoms with van der Waals surface area (Å²) in [5.41, 5.74) is 5.75. The molecule has 2 aliphatic heterocycles. The number of aliphatic imine (C=N–C) groups is 1. The van der Waals surface area contributed by atoms with Gasteiger partial charge in [-0.2, -0.15) is 0 Å². The largest absolute Gasteiger partial charge is 0.370 e. The molecule has 0 aromatic heterocycles. The van der Waals surface area contributed by atoms with E-state index in [-0.39, 0.29) is 5.54 Å². The van der Waals surface area contributed by atoms with Crippen molar-refractivity contribution in [2.75, 3.05) is 19.6 Å². The molecule has 0 atom stereocenters. The van der Waals surface area contributed by atoms with Crippen LogP contribution < -0.4 is 11.1 Å². The number of hydrogen-bond acceptors (Lipinski definition) is 4. The molecule has 5 heteroatoms. The van der Waals surface area contributed by atoms with Crippen molar-refractivity contribution in [3.63, 3.8) is 0 Å². The number of hydrogen-bond donors (Lipinski definition) is 2. The molecular formula is C14H24N4O. The minimum absolute atomic E-state index is 0.0351. The number of amides is 1. The number of carbonyl (C=O) groups is 1. The Balaban J connectivity index is 1.53. The number of rotatable bonds is 1. The molecule has 1 amide bonds. The molecule has 2 heterocycles. The lowest BCUT2D eigenvalue weighted by molar-refractivity contribution is -0.138. The average Bonchev–Trinajstić information content (AvgIpc) is 2.81. The van der Waals surface area contributed by atoms with E-state index in [0.717, 1.165) is 45.3 Å². The molecule has 5 nitrogen and oxygen atoms in total. The number of nitrogens with one attached hydrogen (secondary N) is 1. The third kappa shape index (κ3) is 2.55. The van der Waals surface area contributed by atoms with Gasteiger partial charge >= 0.3 is 0 Å². The number of carbonyl (C=O) groups excluding carboxylic acids is 1. The molecule has 1 spiro atoms. The van der Waals surface area contributed by atoms with E-state index in [0.29, 0.717) is 17.8 Å². The molecular weight excluding hydrogens is 240 g/mol. The fraction of sp³-hybridized carbons (Fsp3) is 0.857. The van der Waals surface area contributed by atoms with Gasteiger partial charge in [0.05, 0.1) is 12.1 Å². The van der Waals surface area contributed by atoms with Crippen LogP contribution in [0.4, 0.5) is 0 Å². The Morgan fingerprint density at radius 3 is 2.53 bits per heavy atom. The number of piperidine rings is 1. The van der Waals surface area contributed by atoms with E-state index in [1.54, 1.807) is 0 Å². The van der Waals surface area contributed by atoms with Crippen LogP contribution in [0.15, 0.2) is 4.99 Å². The summed E-state index contributed by atoms with van der Waals surface area (Å²) < 4.78 is 0. The van der Waals surface area contributed by atoms with E-state index < -0.39 is 0 Å². The summed E-state index contributed by atoms with van der Waals surface area (Å²) in [5, 5.41) is 3.30. The second-order valence-corrected chi connectivity index (χ2v) is 6.27. The van der Waals surface area contributed by atoms with Crippen LogP contribution in [-0.4, -0.2) is 41.9 Å². The van der Waals surface area contributed by atoms with Gasteiger partial charge in [0.25, 0.3) is 0 Å². The van der Waals surface area contributed by atoms with Gasteiger partial charge in [-0.25, -0.2) is 0 Å². The summed E-state index contributed by atoms with van der Waals surface area (Å²) in [7, 11) is 0. The summed E-state index contributed by atoms with van der Waals surface area (Å²) in [6.45, 7) is 2.47. The zero-order valence-corrected chi connectivity index (χ0v) is 11.5. The summed E-state index contributed by atoms with van der Waals surface area (Å²) in [5.74, 6) is 1.24. The molecule has 19 heavy (non-hydrogen) atoms. The quantitative estimate of drug-likeness (QED) is 0.737. The summed E-state index contributed by atoms with van der Waals surface area (Å²) >= 11 is 0. The van der Waals surface area contributed by atoms with E-state index in [2.05, 4.69) is 15.2 Å². The fourth-order valence-electron chi connectivity index (χ4n) is 3.63. The Morgan fingerprint density at radius 2 is 1.95 bits per heavy atom. The van der Waals surface area contributed by atoms with Crippen molar-refractivity contribution in [1.29, 1.82) is 0 Å². The highest BCUT2D eigenvalue weighted by atomic mass is 16.2. The van der Waals surface area contributed by atoms with Crippen LogP contribution in [0.5, 0.6) is 0 Å². The maximum absolute atomic E-state index is 12.5. The molecule has 1 saturated carbocycles. The van der Waals surface area contributed by atoms with Crippen LogP contribution in [0, 0.1) is 5.92 Å². The fourth-order valence-corrected chi connectivity index (χ4v) is 3.63. The smallest absolute Gasteiger partial charge is 0.225 e. The first kappa shape index (κ1) is 12.8. The number of nitrogens with two attached hydrogens (primary N) is 1. The molecule has 2 fully saturated rings. The van der Waals surface area contributed by atoms with Crippen molar-refractivity contribution in [2.24, 2.45) is 16.6 Å². The minimum atomic E-state index is 0.0351. The third-order valence-corrected chi connectivity index (χ3v) is 4.93. The van der Waals surface area contributed by atoms with Gasteiger partial charge in [0.2, 0.25) is 5.91 Å². The first-order valence-electron chi connectivity index (χ1n) is 7.55. The maximum Gasteiger partial charge on any atom is 0.225 e. The van der Waals surface area contributed by atoms with Crippen molar-refractivity contribution in [2.45, 2.75) is 50.5 Å². The lowest BCUT2D eigenvalue weighted by Crippen LogP contribution is -2.56. The highest BCUT2D eigenvalue weighted by Gasteiger charge is 2.40. The molecule has 0 radical (unpaired) electrons. The lowest BCUT2D eigenvalue weighted by Gasteiger charge is -2.40. The lowest BCUT2D eigenvalue weighted by atomic mass is 9.85. The van der Waals surface area contributed by atoms with Crippen molar-refractivity contribution < 1.29 is 4.79 Å². The molecule has 1 saturated heterocycles. The van der Waals surface area contributed by atoms with Crippen LogP contribution in [0.1, 0.15) is 44.9 Å². The van der Waals surface area contributed by atoms with Gasteiger partial charge in [0, 0.05) is 19.0 Å². The molecule has 0 aromatic carbocycles. The standard InChI is InChI=1S/C14H24N4O/c15-13-16-10-14(17-13)6-8-18(9-7-14)12(19)11-4-2-1-3-5-11/h11H,1-10H2,(H3,15,16,17). The molecule has 3 aliphatic rings. The van der Waals surface area contributed by atoms with Crippen LogP contribution in [-0.2, 0) is 4.79 Å². The van der Waals surface area contributed by atoms with E-state index >= 15 is 0 Å². The number of likely N-dealkylation sites (tertiary alicyclic amines) is 1. The molecule has 0 unspecified atom stereocenters. The van der Waals surface area contributed by atoms with Crippen LogP contribution in [0.2, 0.25) is 0 Å². The normalized spacial score (nSPS) is 27.2. The molecule has 3 rings (SSSR count). The van der Waals surface area contributed by atoms with Crippen molar-refractivity contribution >= 4 is 11.9 Å².